The van der Waals surface area contributed by atoms with Gasteiger partial charge in [-0.2, -0.15) is 0 Å². The molecule has 2 aromatic carbocycles. The lowest BCUT2D eigenvalue weighted by molar-refractivity contribution is -0.128. The van der Waals surface area contributed by atoms with Crippen molar-refractivity contribution in [3.63, 3.8) is 0 Å². The lowest BCUT2D eigenvalue weighted by Gasteiger charge is -2.50. The van der Waals surface area contributed by atoms with Gasteiger partial charge < -0.3 is 9.84 Å². The van der Waals surface area contributed by atoms with E-state index in [0.29, 0.717) is 36.6 Å². The number of rotatable bonds is 5. The van der Waals surface area contributed by atoms with Gasteiger partial charge in [-0.25, -0.2) is 9.18 Å². The molecule has 6 rings (SSSR count). The van der Waals surface area contributed by atoms with Gasteiger partial charge in [-0.15, -0.1) is 0 Å². The number of pyridine rings is 1. The average Bonchev–Trinajstić information content (AvgIpc) is 2.86. The fraction of sp³-hybridized carbons (Fsp3) is 0.433. The zero-order valence-corrected chi connectivity index (χ0v) is 22.2. The number of carbonyl (C=O) groups excluding carboxylic acids is 2. The molecule has 0 spiro atoms. The van der Waals surface area contributed by atoms with Crippen molar-refractivity contribution < 1.29 is 23.8 Å². The third kappa shape index (κ3) is 4.58. The minimum atomic E-state index is -1.39. The Morgan fingerprint density at radius 2 is 1.97 bits per heavy atom. The number of hydrogen-bond acceptors (Lipinski definition) is 6. The standard InChI is InChI=1S/C30H33FN4O4/c1-29(2)18-34(15-19-4-3-5-20(12-19)21-16-39-17-21)11-9-30(29,38)24-6-7-25-23(27(24)31)13-22(14-32-25)35-10-8-26(36)33-28(35)37/h3-7,12-14,21,38H,8-11,15-18H2,1-2H3,(H,33,36,37)/t30-/m0/s1. The van der Waals surface area contributed by atoms with Crippen molar-refractivity contribution in [1.82, 2.24) is 15.2 Å². The number of urea groups is 1. The Kier molecular flexibility index (Phi) is 6.40. The van der Waals surface area contributed by atoms with Crippen LogP contribution in [0.2, 0.25) is 0 Å². The molecule has 0 bridgehead atoms. The number of nitrogens with zero attached hydrogens (tertiary/aromatic N) is 3. The van der Waals surface area contributed by atoms with Crippen LogP contribution in [0, 0.1) is 11.2 Å². The molecule has 8 nitrogen and oxygen atoms in total. The smallest absolute Gasteiger partial charge is 0.328 e. The minimum absolute atomic E-state index is 0.163. The van der Waals surface area contributed by atoms with E-state index in [4.69, 9.17) is 4.74 Å². The van der Waals surface area contributed by atoms with Gasteiger partial charge in [-0.05, 0) is 29.7 Å². The third-order valence-electron chi connectivity index (χ3n) is 8.59. The summed E-state index contributed by atoms with van der Waals surface area (Å²) in [7, 11) is 0. The quantitative estimate of drug-likeness (QED) is 0.515. The monoisotopic (exact) mass is 532 g/mol. The van der Waals surface area contributed by atoms with Crippen LogP contribution in [0.5, 0.6) is 0 Å². The van der Waals surface area contributed by atoms with Gasteiger partial charge in [-0.1, -0.05) is 44.2 Å². The van der Waals surface area contributed by atoms with Gasteiger partial charge in [0.2, 0.25) is 5.91 Å². The van der Waals surface area contributed by atoms with E-state index >= 15 is 4.39 Å². The number of fused-ring (bicyclic) bond motifs is 1. The van der Waals surface area contributed by atoms with E-state index in [9.17, 15) is 14.7 Å². The van der Waals surface area contributed by atoms with E-state index in [0.717, 1.165) is 19.8 Å². The molecule has 3 aromatic rings. The lowest BCUT2D eigenvalue weighted by Crippen LogP contribution is -2.55. The number of benzene rings is 2. The number of halogens is 1. The molecule has 0 aliphatic carbocycles. The first kappa shape index (κ1) is 25.9. The van der Waals surface area contributed by atoms with Crippen molar-refractivity contribution in [3.8, 4) is 0 Å². The third-order valence-corrected chi connectivity index (χ3v) is 8.59. The highest BCUT2D eigenvalue weighted by atomic mass is 19.1. The van der Waals surface area contributed by atoms with Crippen molar-refractivity contribution in [3.05, 3.63) is 71.2 Å². The van der Waals surface area contributed by atoms with Crippen LogP contribution in [0.1, 0.15) is 49.3 Å². The fourth-order valence-electron chi connectivity index (χ4n) is 6.12. The van der Waals surface area contributed by atoms with Crippen molar-refractivity contribution in [2.75, 3.05) is 37.7 Å². The Hall–Kier alpha value is -3.40. The second kappa shape index (κ2) is 9.66. The molecule has 2 N–H and O–H groups in total. The van der Waals surface area contributed by atoms with Crippen molar-refractivity contribution >= 4 is 28.5 Å². The highest BCUT2D eigenvalue weighted by Gasteiger charge is 2.50. The van der Waals surface area contributed by atoms with Crippen molar-refractivity contribution in [2.24, 2.45) is 5.41 Å². The Morgan fingerprint density at radius 1 is 1.15 bits per heavy atom. The largest absolute Gasteiger partial charge is 0.384 e. The van der Waals surface area contributed by atoms with Crippen LogP contribution in [-0.4, -0.2) is 59.8 Å². The molecule has 3 amide bonds. The molecular formula is C30H33FN4O4. The molecule has 3 aliphatic heterocycles. The maximum atomic E-state index is 16.2. The lowest BCUT2D eigenvalue weighted by atomic mass is 9.66. The van der Waals surface area contributed by atoms with E-state index in [1.165, 1.54) is 22.2 Å². The molecular weight excluding hydrogens is 499 g/mol. The number of anilines is 1. The second-order valence-corrected chi connectivity index (χ2v) is 11.6. The summed E-state index contributed by atoms with van der Waals surface area (Å²) in [4.78, 5) is 31.9. The summed E-state index contributed by atoms with van der Waals surface area (Å²) in [6.45, 7) is 7.67. The molecule has 1 aromatic heterocycles. The highest BCUT2D eigenvalue weighted by Crippen LogP contribution is 2.48. The summed E-state index contributed by atoms with van der Waals surface area (Å²) in [5, 5.41) is 14.5. The van der Waals surface area contributed by atoms with Gasteiger partial charge >= 0.3 is 6.03 Å². The Morgan fingerprint density at radius 3 is 2.69 bits per heavy atom. The second-order valence-electron chi connectivity index (χ2n) is 11.6. The summed E-state index contributed by atoms with van der Waals surface area (Å²) in [5.74, 6) is -0.407. The number of nitrogens with one attached hydrogen (secondary N) is 1. The molecule has 4 heterocycles. The van der Waals surface area contributed by atoms with Crippen LogP contribution < -0.4 is 10.2 Å². The molecule has 0 radical (unpaired) electrons. The van der Waals surface area contributed by atoms with Gasteiger partial charge in [0.1, 0.15) is 5.82 Å². The van der Waals surface area contributed by atoms with Crippen molar-refractivity contribution in [2.45, 2.75) is 44.8 Å². The van der Waals surface area contributed by atoms with Crippen LogP contribution in [0.3, 0.4) is 0 Å². The number of amides is 3. The molecule has 3 aliphatic rings. The van der Waals surface area contributed by atoms with Crippen LogP contribution in [-0.2, 0) is 21.7 Å². The van der Waals surface area contributed by atoms with Gasteiger partial charge in [0.25, 0.3) is 0 Å². The van der Waals surface area contributed by atoms with E-state index < -0.39 is 22.9 Å². The predicted molar refractivity (Wildman–Crippen MR) is 145 cm³/mol. The number of carbonyl (C=O) groups is 2. The summed E-state index contributed by atoms with van der Waals surface area (Å²) in [6.07, 6.45) is 2.04. The molecule has 3 fully saturated rings. The number of hydrogen-bond donors (Lipinski definition) is 2. The number of ether oxygens (including phenoxy) is 1. The summed E-state index contributed by atoms with van der Waals surface area (Å²) in [5.41, 5.74) is 1.56. The molecule has 3 saturated heterocycles. The van der Waals surface area contributed by atoms with E-state index in [1.807, 2.05) is 13.8 Å². The van der Waals surface area contributed by atoms with Crippen LogP contribution in [0.15, 0.2) is 48.7 Å². The summed E-state index contributed by atoms with van der Waals surface area (Å²) in [6, 6.07) is 13.0. The Balaban J connectivity index is 1.25. The van der Waals surface area contributed by atoms with Gasteiger partial charge in [0.15, 0.2) is 0 Å². The van der Waals surface area contributed by atoms with Crippen LogP contribution in [0.25, 0.3) is 10.9 Å². The first-order valence-corrected chi connectivity index (χ1v) is 13.5. The first-order chi connectivity index (χ1) is 18.6. The number of likely N-dealkylation sites (tertiary alicyclic amines) is 1. The van der Waals surface area contributed by atoms with E-state index in [1.54, 1.807) is 18.2 Å². The van der Waals surface area contributed by atoms with E-state index in [2.05, 4.69) is 39.5 Å². The maximum absolute atomic E-state index is 16.2. The zero-order valence-electron chi connectivity index (χ0n) is 22.2. The van der Waals surface area contributed by atoms with Crippen LogP contribution >= 0.6 is 0 Å². The Labute approximate surface area is 226 Å². The maximum Gasteiger partial charge on any atom is 0.328 e. The predicted octanol–water partition coefficient (Wildman–Crippen LogP) is 4.05. The molecule has 1 atom stereocenters. The normalized spacial score (nSPS) is 24.1. The number of piperidine rings is 1. The first-order valence-electron chi connectivity index (χ1n) is 13.5. The van der Waals surface area contributed by atoms with E-state index in [-0.39, 0.29) is 29.8 Å². The SMILES string of the molecule is CC1(C)CN(Cc2cccc(C3COC3)c2)CC[C@]1(O)c1ccc2ncc(N3CCC(=O)NC3=O)cc2c1F. The number of imide groups is 1. The summed E-state index contributed by atoms with van der Waals surface area (Å²) >= 11 is 0. The average molecular weight is 533 g/mol. The minimum Gasteiger partial charge on any atom is -0.384 e. The number of aromatic nitrogens is 1. The van der Waals surface area contributed by atoms with Gasteiger partial charge in [-0.3, -0.25) is 24.9 Å². The summed E-state index contributed by atoms with van der Waals surface area (Å²) < 4.78 is 21.5. The molecule has 0 unspecified atom stereocenters. The van der Waals surface area contributed by atoms with Gasteiger partial charge in [0.05, 0.1) is 36.2 Å². The fourth-order valence-corrected chi connectivity index (χ4v) is 6.12. The van der Waals surface area contributed by atoms with Crippen molar-refractivity contribution in [1.29, 1.82) is 0 Å². The molecule has 204 valence electrons. The highest BCUT2D eigenvalue weighted by molar-refractivity contribution is 6.06. The molecule has 0 saturated carbocycles. The van der Waals surface area contributed by atoms with Crippen LogP contribution in [0.4, 0.5) is 14.9 Å². The topological polar surface area (TPSA) is 95.0 Å². The molecule has 39 heavy (non-hydrogen) atoms. The number of aliphatic hydroxyl groups is 1. The Bertz CT molecular complexity index is 1460. The van der Waals surface area contributed by atoms with Gasteiger partial charge in [0, 0.05) is 54.9 Å². The zero-order chi connectivity index (χ0) is 27.4. The molecule has 9 heteroatoms.